The van der Waals surface area contributed by atoms with E-state index in [4.69, 9.17) is 4.52 Å². The fourth-order valence-electron chi connectivity index (χ4n) is 3.88. The van der Waals surface area contributed by atoms with E-state index in [9.17, 15) is 4.79 Å². The lowest BCUT2D eigenvalue weighted by Crippen LogP contribution is -2.41. The van der Waals surface area contributed by atoms with E-state index in [1.54, 1.807) is 0 Å². The molecule has 6 nitrogen and oxygen atoms in total. The lowest BCUT2D eigenvalue weighted by atomic mass is 9.96. The molecule has 0 spiro atoms. The highest BCUT2D eigenvalue weighted by atomic mass is 16.5. The molecule has 140 valence electrons. The topological polar surface area (TPSA) is 62.5 Å². The van der Waals surface area contributed by atoms with Crippen molar-refractivity contribution < 1.29 is 9.32 Å². The first-order valence-electron chi connectivity index (χ1n) is 9.86. The van der Waals surface area contributed by atoms with Gasteiger partial charge in [0.1, 0.15) is 0 Å². The van der Waals surface area contributed by atoms with Crippen LogP contribution in [0.15, 0.2) is 4.52 Å². The Balaban J connectivity index is 1.41. The van der Waals surface area contributed by atoms with Gasteiger partial charge in [-0.3, -0.25) is 4.79 Å². The van der Waals surface area contributed by atoms with Gasteiger partial charge in [-0.2, -0.15) is 4.98 Å². The van der Waals surface area contributed by atoms with Crippen LogP contribution in [0.3, 0.4) is 0 Å². The summed E-state index contributed by atoms with van der Waals surface area (Å²) in [5, 5.41) is 4.08. The molecule has 1 unspecified atom stereocenters. The normalized spacial score (nSPS) is 23.4. The molecule has 0 N–H and O–H groups in total. The molecule has 0 radical (unpaired) electrons. The molecule has 25 heavy (non-hydrogen) atoms. The standard InChI is InChI=1S/C19H32N4O2/c1-14(2)18-20-19(25-21-18)16-6-10-22(11-7-16)12-8-17(24)23-9-4-5-15(3)13-23/h14-16H,4-13H2,1-3H3. The maximum atomic E-state index is 12.4. The van der Waals surface area contributed by atoms with Crippen LogP contribution in [0.5, 0.6) is 0 Å². The van der Waals surface area contributed by atoms with Gasteiger partial charge < -0.3 is 14.3 Å². The third kappa shape index (κ3) is 4.81. The number of rotatable bonds is 5. The SMILES string of the molecule is CC1CCCN(C(=O)CCN2CCC(c3nc(C(C)C)no3)CC2)C1. The zero-order valence-corrected chi connectivity index (χ0v) is 15.9. The van der Waals surface area contributed by atoms with E-state index < -0.39 is 0 Å². The molecule has 2 saturated heterocycles. The van der Waals surface area contributed by atoms with E-state index in [1.807, 2.05) is 0 Å². The number of carbonyl (C=O) groups is 1. The number of carbonyl (C=O) groups excluding carboxylic acids is 1. The van der Waals surface area contributed by atoms with Gasteiger partial charge in [-0.05, 0) is 44.7 Å². The van der Waals surface area contributed by atoms with Crippen molar-refractivity contribution in [1.82, 2.24) is 19.9 Å². The molecule has 3 rings (SSSR count). The van der Waals surface area contributed by atoms with Crippen LogP contribution >= 0.6 is 0 Å². The van der Waals surface area contributed by atoms with Crippen molar-refractivity contribution in [2.24, 2.45) is 5.92 Å². The molecule has 2 fully saturated rings. The van der Waals surface area contributed by atoms with E-state index in [1.165, 1.54) is 6.42 Å². The van der Waals surface area contributed by atoms with Gasteiger partial charge in [0.25, 0.3) is 0 Å². The first-order valence-corrected chi connectivity index (χ1v) is 9.86. The Bertz CT molecular complexity index is 564. The summed E-state index contributed by atoms with van der Waals surface area (Å²) in [6.45, 7) is 11.2. The summed E-state index contributed by atoms with van der Waals surface area (Å²) in [7, 11) is 0. The van der Waals surface area contributed by atoms with E-state index in [0.29, 0.717) is 30.1 Å². The maximum absolute atomic E-state index is 12.4. The molecular formula is C19H32N4O2. The minimum absolute atomic E-state index is 0.307. The lowest BCUT2D eigenvalue weighted by Gasteiger charge is -2.33. The number of nitrogens with zero attached hydrogens (tertiary/aromatic N) is 4. The second kappa shape index (κ2) is 8.30. The summed E-state index contributed by atoms with van der Waals surface area (Å²) in [4.78, 5) is 21.4. The van der Waals surface area contributed by atoms with Gasteiger partial charge in [0.15, 0.2) is 5.82 Å². The van der Waals surface area contributed by atoms with Crippen LogP contribution < -0.4 is 0 Å². The lowest BCUT2D eigenvalue weighted by molar-refractivity contribution is -0.133. The number of amides is 1. The van der Waals surface area contributed by atoms with Crippen LogP contribution in [0, 0.1) is 5.92 Å². The highest BCUT2D eigenvalue weighted by Crippen LogP contribution is 2.27. The van der Waals surface area contributed by atoms with Crippen molar-refractivity contribution in [3.8, 4) is 0 Å². The van der Waals surface area contributed by atoms with Gasteiger partial charge in [-0.1, -0.05) is 25.9 Å². The highest BCUT2D eigenvalue weighted by molar-refractivity contribution is 5.76. The van der Waals surface area contributed by atoms with E-state index >= 15 is 0 Å². The number of hydrogen-bond acceptors (Lipinski definition) is 5. The number of likely N-dealkylation sites (tertiary alicyclic amines) is 2. The van der Waals surface area contributed by atoms with Gasteiger partial charge in [0.05, 0.1) is 0 Å². The molecule has 0 saturated carbocycles. The zero-order valence-electron chi connectivity index (χ0n) is 15.9. The molecular weight excluding hydrogens is 316 g/mol. The smallest absolute Gasteiger partial charge is 0.229 e. The Morgan fingerprint density at radius 3 is 2.64 bits per heavy atom. The summed E-state index contributed by atoms with van der Waals surface area (Å²) < 4.78 is 5.45. The van der Waals surface area contributed by atoms with Crippen LogP contribution in [0.2, 0.25) is 0 Å². The third-order valence-corrected chi connectivity index (χ3v) is 5.56. The molecule has 3 heterocycles. The molecule has 1 aromatic heterocycles. The predicted octanol–water partition coefficient (Wildman–Crippen LogP) is 3.02. The van der Waals surface area contributed by atoms with Gasteiger partial charge in [0.2, 0.25) is 11.8 Å². The minimum atomic E-state index is 0.307. The largest absolute Gasteiger partial charge is 0.342 e. The van der Waals surface area contributed by atoms with Crippen LogP contribution in [-0.2, 0) is 4.79 Å². The van der Waals surface area contributed by atoms with Gasteiger partial charge in [-0.15, -0.1) is 0 Å². The zero-order chi connectivity index (χ0) is 17.8. The average Bonchev–Trinajstić information content (AvgIpc) is 3.10. The first kappa shape index (κ1) is 18.4. The van der Waals surface area contributed by atoms with Gasteiger partial charge in [-0.25, -0.2) is 0 Å². The van der Waals surface area contributed by atoms with Gasteiger partial charge in [0, 0.05) is 37.9 Å². The Kier molecular flexibility index (Phi) is 6.10. The maximum Gasteiger partial charge on any atom is 0.229 e. The molecule has 1 aromatic rings. The van der Waals surface area contributed by atoms with Crippen molar-refractivity contribution in [2.45, 2.75) is 64.7 Å². The second-order valence-electron chi connectivity index (χ2n) is 8.10. The van der Waals surface area contributed by atoms with Gasteiger partial charge >= 0.3 is 0 Å². The van der Waals surface area contributed by atoms with E-state index in [-0.39, 0.29) is 0 Å². The number of aromatic nitrogens is 2. The number of piperidine rings is 2. The van der Waals surface area contributed by atoms with E-state index in [0.717, 1.165) is 63.7 Å². The molecule has 6 heteroatoms. The van der Waals surface area contributed by atoms with Crippen LogP contribution in [0.1, 0.15) is 76.4 Å². The van der Waals surface area contributed by atoms with Crippen molar-refractivity contribution >= 4 is 5.91 Å². The Labute approximate surface area is 150 Å². The predicted molar refractivity (Wildman–Crippen MR) is 96.4 cm³/mol. The molecule has 0 bridgehead atoms. The Hall–Kier alpha value is -1.43. The fraction of sp³-hybridized carbons (Fsp3) is 0.842. The summed E-state index contributed by atoms with van der Waals surface area (Å²) >= 11 is 0. The van der Waals surface area contributed by atoms with Crippen molar-refractivity contribution in [3.05, 3.63) is 11.7 Å². The second-order valence-corrected chi connectivity index (χ2v) is 8.10. The highest BCUT2D eigenvalue weighted by Gasteiger charge is 2.27. The summed E-state index contributed by atoms with van der Waals surface area (Å²) in [6.07, 6.45) is 5.13. The minimum Gasteiger partial charge on any atom is -0.342 e. The average molecular weight is 348 g/mol. The molecule has 2 aliphatic rings. The number of hydrogen-bond donors (Lipinski definition) is 0. The molecule has 0 aromatic carbocycles. The Morgan fingerprint density at radius 2 is 2.00 bits per heavy atom. The van der Waals surface area contributed by atoms with Crippen molar-refractivity contribution in [3.63, 3.8) is 0 Å². The van der Waals surface area contributed by atoms with Crippen LogP contribution in [0.4, 0.5) is 0 Å². The molecule has 1 atom stereocenters. The quantitative estimate of drug-likeness (QED) is 0.818. The molecule has 2 aliphatic heterocycles. The van der Waals surface area contributed by atoms with E-state index in [2.05, 4.69) is 40.7 Å². The Morgan fingerprint density at radius 1 is 1.24 bits per heavy atom. The molecule has 0 aliphatic carbocycles. The van der Waals surface area contributed by atoms with Crippen LogP contribution in [-0.4, -0.2) is 58.6 Å². The fourth-order valence-corrected chi connectivity index (χ4v) is 3.88. The summed E-state index contributed by atoms with van der Waals surface area (Å²) in [5.74, 6) is 3.25. The first-order chi connectivity index (χ1) is 12.0. The summed E-state index contributed by atoms with van der Waals surface area (Å²) in [5.41, 5.74) is 0. The van der Waals surface area contributed by atoms with Crippen molar-refractivity contribution in [2.75, 3.05) is 32.7 Å². The third-order valence-electron chi connectivity index (χ3n) is 5.56. The van der Waals surface area contributed by atoms with Crippen LogP contribution in [0.25, 0.3) is 0 Å². The molecule has 1 amide bonds. The van der Waals surface area contributed by atoms with Crippen molar-refractivity contribution in [1.29, 1.82) is 0 Å². The summed E-state index contributed by atoms with van der Waals surface area (Å²) in [6, 6.07) is 0. The monoisotopic (exact) mass is 348 g/mol.